The quantitative estimate of drug-likeness (QED) is 0.492. The Morgan fingerprint density at radius 1 is 1.45 bits per heavy atom. The van der Waals surface area contributed by atoms with Gasteiger partial charge in [0.15, 0.2) is 5.52 Å². The van der Waals surface area contributed by atoms with Crippen molar-refractivity contribution in [2.45, 2.75) is 0 Å². The summed E-state index contributed by atoms with van der Waals surface area (Å²) in [4.78, 5) is 23.6. The topological polar surface area (TPSA) is 83.0 Å². The molecule has 0 bridgehead atoms. The molecule has 0 aromatic carbocycles. The molecule has 0 radical (unpaired) electrons. The Kier molecular flexibility index (Phi) is 0.974. The number of nitrogens with zero attached hydrogens (tertiary/aromatic N) is 2. The van der Waals surface area contributed by atoms with Crippen molar-refractivity contribution in [2.24, 2.45) is 0 Å². The molecule has 0 spiro atoms. The van der Waals surface area contributed by atoms with Gasteiger partial charge < -0.3 is 0 Å². The van der Waals surface area contributed by atoms with Crippen LogP contribution in [-0.2, 0) is 0 Å². The second kappa shape index (κ2) is 1.82. The molecule has 11 heavy (non-hydrogen) atoms. The van der Waals surface area contributed by atoms with Crippen molar-refractivity contribution in [1.29, 1.82) is 0 Å². The molecule has 2 aromatic rings. The molecular formula is C5H4N4O2. The zero-order valence-electron chi connectivity index (χ0n) is 5.37. The molecule has 2 aromatic heterocycles. The van der Waals surface area contributed by atoms with E-state index in [1.54, 1.807) is 0 Å². The summed E-state index contributed by atoms with van der Waals surface area (Å²) in [6.45, 7) is 0. The molecule has 2 N–H and O–H groups in total. The molecule has 0 saturated heterocycles. The Bertz CT molecular complexity index is 491. The second-order valence-corrected chi connectivity index (χ2v) is 2.02. The largest absolute Gasteiger partial charge is 0.342 e. The summed E-state index contributed by atoms with van der Waals surface area (Å²) in [6, 6.07) is 1.51. The van der Waals surface area contributed by atoms with Crippen molar-refractivity contribution in [3.63, 3.8) is 0 Å². The Morgan fingerprint density at radius 2 is 2.27 bits per heavy atom. The third-order valence-corrected chi connectivity index (χ3v) is 1.31. The van der Waals surface area contributed by atoms with Gasteiger partial charge in [-0.25, -0.2) is 9.89 Å². The molecule has 0 atom stereocenters. The fourth-order valence-corrected chi connectivity index (χ4v) is 0.856. The van der Waals surface area contributed by atoms with Gasteiger partial charge in [-0.05, 0) is 6.07 Å². The van der Waals surface area contributed by atoms with Crippen molar-refractivity contribution in [3.8, 4) is 0 Å². The van der Waals surface area contributed by atoms with E-state index in [1.165, 1.54) is 12.3 Å². The normalized spacial score (nSPS) is 10.5. The first-order valence-corrected chi connectivity index (χ1v) is 2.94. The standard InChI is InChI=1S/C5H4N4O2/c10-4-3-1-2-6-9(3)8-5(11)7-4/h1-2H,(H2,7,8,10,11). The Hall–Kier alpha value is -1.85. The highest BCUT2D eigenvalue weighted by molar-refractivity contribution is 5.40. The summed E-state index contributed by atoms with van der Waals surface area (Å²) in [5.41, 5.74) is -0.679. The predicted molar refractivity (Wildman–Crippen MR) is 36.4 cm³/mol. The maximum absolute atomic E-state index is 10.9. The average Bonchev–Trinajstić information content (AvgIpc) is 2.34. The second-order valence-electron chi connectivity index (χ2n) is 2.02. The van der Waals surface area contributed by atoms with Crippen LogP contribution in [0, 0.1) is 0 Å². The van der Waals surface area contributed by atoms with Crippen LogP contribution in [0.5, 0.6) is 0 Å². The number of hydrogen-bond acceptors (Lipinski definition) is 3. The van der Waals surface area contributed by atoms with E-state index in [9.17, 15) is 9.59 Å². The van der Waals surface area contributed by atoms with Gasteiger partial charge in [-0.15, -0.1) is 0 Å². The highest BCUT2D eigenvalue weighted by Crippen LogP contribution is 1.85. The van der Waals surface area contributed by atoms with Crippen molar-refractivity contribution in [3.05, 3.63) is 33.1 Å². The first-order chi connectivity index (χ1) is 5.27. The number of nitrogens with one attached hydrogen (secondary N) is 2. The molecule has 0 saturated carbocycles. The van der Waals surface area contributed by atoms with Crippen LogP contribution in [0.25, 0.3) is 5.52 Å². The lowest BCUT2D eigenvalue weighted by molar-refractivity contribution is 0.747. The van der Waals surface area contributed by atoms with Gasteiger partial charge in [0.25, 0.3) is 5.56 Å². The molecule has 2 heterocycles. The van der Waals surface area contributed by atoms with Crippen LogP contribution in [0.2, 0.25) is 0 Å². The van der Waals surface area contributed by atoms with Crippen LogP contribution in [-0.4, -0.2) is 19.8 Å². The lowest BCUT2D eigenvalue weighted by Crippen LogP contribution is -2.25. The number of aromatic amines is 2. The summed E-state index contributed by atoms with van der Waals surface area (Å²) in [6.07, 6.45) is 1.43. The molecular weight excluding hydrogens is 148 g/mol. The summed E-state index contributed by atoms with van der Waals surface area (Å²) < 4.78 is 1.13. The molecule has 6 nitrogen and oxygen atoms in total. The van der Waals surface area contributed by atoms with Gasteiger partial charge in [0.2, 0.25) is 0 Å². The smallest absolute Gasteiger partial charge is 0.271 e. The Morgan fingerprint density at radius 3 is 3.09 bits per heavy atom. The third-order valence-electron chi connectivity index (χ3n) is 1.31. The van der Waals surface area contributed by atoms with Crippen molar-refractivity contribution < 1.29 is 0 Å². The zero-order valence-corrected chi connectivity index (χ0v) is 5.37. The molecule has 0 aliphatic heterocycles. The highest BCUT2D eigenvalue weighted by atomic mass is 16.2. The fraction of sp³-hybridized carbons (Fsp3) is 0. The van der Waals surface area contributed by atoms with E-state index >= 15 is 0 Å². The minimum Gasteiger partial charge on any atom is -0.271 e. The van der Waals surface area contributed by atoms with Gasteiger partial charge in [0.1, 0.15) is 0 Å². The number of hydrogen-bond donors (Lipinski definition) is 2. The van der Waals surface area contributed by atoms with Crippen LogP contribution < -0.4 is 11.2 Å². The number of rotatable bonds is 0. The van der Waals surface area contributed by atoms with E-state index < -0.39 is 11.2 Å². The van der Waals surface area contributed by atoms with Crippen LogP contribution in [0.15, 0.2) is 21.9 Å². The van der Waals surface area contributed by atoms with E-state index in [2.05, 4.69) is 15.2 Å². The third kappa shape index (κ3) is 0.759. The number of H-pyrrole nitrogens is 2. The summed E-state index contributed by atoms with van der Waals surface area (Å²) in [5.74, 6) is 0. The van der Waals surface area contributed by atoms with Crippen LogP contribution in [0.3, 0.4) is 0 Å². The first kappa shape index (κ1) is 5.90. The molecule has 0 aliphatic rings. The van der Waals surface area contributed by atoms with Crippen LogP contribution in [0.4, 0.5) is 0 Å². The average molecular weight is 152 g/mol. The van der Waals surface area contributed by atoms with Crippen molar-refractivity contribution in [1.82, 2.24) is 19.8 Å². The van der Waals surface area contributed by atoms with Crippen molar-refractivity contribution >= 4 is 5.52 Å². The maximum atomic E-state index is 10.9. The van der Waals surface area contributed by atoms with E-state index in [1.807, 2.05) is 0 Å². The molecule has 0 aliphatic carbocycles. The van der Waals surface area contributed by atoms with Crippen LogP contribution >= 0.6 is 0 Å². The first-order valence-electron chi connectivity index (χ1n) is 2.94. The maximum Gasteiger partial charge on any atom is 0.342 e. The summed E-state index contributed by atoms with van der Waals surface area (Å²) in [5, 5.41) is 5.99. The lowest BCUT2D eigenvalue weighted by atomic mass is 10.5. The molecule has 0 amide bonds. The van der Waals surface area contributed by atoms with Gasteiger partial charge in [-0.2, -0.15) is 9.73 Å². The zero-order chi connectivity index (χ0) is 7.84. The minimum atomic E-state index is -0.564. The molecule has 56 valence electrons. The Balaban J connectivity index is 3.15. The van der Waals surface area contributed by atoms with E-state index in [0.717, 1.165) is 4.63 Å². The molecule has 0 fully saturated rings. The lowest BCUT2D eigenvalue weighted by Gasteiger charge is -1.87. The monoisotopic (exact) mass is 152 g/mol. The minimum absolute atomic E-state index is 0.324. The Labute approximate surface area is 59.5 Å². The number of fused-ring (bicyclic) bond motifs is 1. The van der Waals surface area contributed by atoms with Gasteiger partial charge >= 0.3 is 5.69 Å². The fourth-order valence-electron chi connectivity index (χ4n) is 0.856. The molecule has 2 rings (SSSR count). The predicted octanol–water partition coefficient (Wildman–Crippen LogP) is -1.29. The number of aromatic nitrogens is 4. The summed E-state index contributed by atoms with van der Waals surface area (Å²) in [7, 11) is 0. The molecule has 0 unspecified atom stereocenters. The van der Waals surface area contributed by atoms with E-state index in [-0.39, 0.29) is 0 Å². The van der Waals surface area contributed by atoms with Gasteiger partial charge in [0.05, 0.1) is 6.20 Å². The van der Waals surface area contributed by atoms with Gasteiger partial charge in [-0.1, -0.05) is 0 Å². The van der Waals surface area contributed by atoms with Crippen molar-refractivity contribution in [2.75, 3.05) is 0 Å². The van der Waals surface area contributed by atoms with E-state index in [0.29, 0.717) is 5.52 Å². The van der Waals surface area contributed by atoms with Crippen LogP contribution in [0.1, 0.15) is 0 Å². The van der Waals surface area contributed by atoms with Gasteiger partial charge in [0, 0.05) is 0 Å². The van der Waals surface area contributed by atoms with E-state index in [4.69, 9.17) is 0 Å². The van der Waals surface area contributed by atoms with Gasteiger partial charge in [-0.3, -0.25) is 9.78 Å². The summed E-state index contributed by atoms with van der Waals surface area (Å²) >= 11 is 0. The highest BCUT2D eigenvalue weighted by Gasteiger charge is 1.97. The SMILES string of the molecule is O=c1[nH]c(=O)c2ccnn2[nH]1. The molecule has 6 heteroatoms.